The van der Waals surface area contributed by atoms with Crippen LogP contribution in [0.2, 0.25) is 0 Å². The normalized spacial score (nSPS) is 15.5. The molecule has 3 aromatic carbocycles. The zero-order valence-corrected chi connectivity index (χ0v) is 17.7. The number of sulfonamides is 1. The van der Waals surface area contributed by atoms with Crippen LogP contribution in [-0.2, 0) is 20.6 Å². The molecule has 7 nitrogen and oxygen atoms in total. The highest BCUT2D eigenvalue weighted by Crippen LogP contribution is 2.36. The molecule has 0 aromatic heterocycles. The van der Waals surface area contributed by atoms with E-state index in [2.05, 4.69) is 5.32 Å². The summed E-state index contributed by atoms with van der Waals surface area (Å²) in [6.07, 6.45) is -0.998. The largest absolute Gasteiger partial charge is 0.497 e. The van der Waals surface area contributed by atoms with E-state index < -0.39 is 22.0 Å². The number of para-hydroxylation sites is 2. The van der Waals surface area contributed by atoms with E-state index in [4.69, 9.17) is 9.47 Å². The lowest BCUT2D eigenvalue weighted by Crippen LogP contribution is -2.49. The monoisotopic (exact) mass is 438 g/mol. The standard InChI is InChI=1S/C23H22N2O5S/c1-29-19-13-11-18(12-14-19)24-23(26)22-15-25(20-9-5-6-10-21(20)30-22)31(27,28)16-17-7-3-2-4-8-17/h2-14,22H,15-16H2,1H3,(H,24,26)/t22-/m1/s1. The van der Waals surface area contributed by atoms with Gasteiger partial charge in [-0.1, -0.05) is 42.5 Å². The predicted octanol–water partition coefficient (Wildman–Crippen LogP) is 3.43. The van der Waals surface area contributed by atoms with Gasteiger partial charge in [0.05, 0.1) is 25.1 Å². The minimum absolute atomic E-state index is 0.117. The molecule has 1 N–H and O–H groups in total. The number of carbonyl (C=O) groups is 1. The Hall–Kier alpha value is -3.52. The van der Waals surface area contributed by atoms with Crippen LogP contribution in [0.1, 0.15) is 5.56 Å². The van der Waals surface area contributed by atoms with Gasteiger partial charge in [-0.3, -0.25) is 9.10 Å². The molecular formula is C23H22N2O5S. The third-order valence-corrected chi connectivity index (χ3v) is 6.63. The Kier molecular flexibility index (Phi) is 5.81. The van der Waals surface area contributed by atoms with Crippen molar-refractivity contribution in [3.8, 4) is 11.5 Å². The maximum absolute atomic E-state index is 13.2. The molecule has 0 radical (unpaired) electrons. The van der Waals surface area contributed by atoms with Crippen LogP contribution in [0.15, 0.2) is 78.9 Å². The third-order valence-electron chi connectivity index (χ3n) is 4.91. The van der Waals surface area contributed by atoms with Crippen LogP contribution in [0, 0.1) is 0 Å². The summed E-state index contributed by atoms with van der Waals surface area (Å²) < 4.78 is 38.7. The van der Waals surface area contributed by atoms with Gasteiger partial charge >= 0.3 is 0 Å². The fourth-order valence-corrected chi connectivity index (χ4v) is 4.94. The number of nitrogens with zero attached hydrogens (tertiary/aromatic N) is 1. The van der Waals surface area contributed by atoms with Crippen molar-refractivity contribution in [1.82, 2.24) is 0 Å². The summed E-state index contributed by atoms with van der Waals surface area (Å²) in [6, 6.07) is 22.6. The number of ether oxygens (including phenoxy) is 2. The first kappa shape index (κ1) is 20.7. The van der Waals surface area contributed by atoms with Crippen molar-refractivity contribution in [1.29, 1.82) is 0 Å². The summed E-state index contributed by atoms with van der Waals surface area (Å²) in [6.45, 7) is -0.117. The quantitative estimate of drug-likeness (QED) is 0.637. The van der Waals surface area contributed by atoms with Crippen LogP contribution in [-0.4, -0.2) is 34.1 Å². The number of rotatable bonds is 6. The zero-order valence-electron chi connectivity index (χ0n) is 16.9. The summed E-state index contributed by atoms with van der Waals surface area (Å²) in [7, 11) is -2.18. The molecule has 4 rings (SSSR count). The van der Waals surface area contributed by atoms with E-state index in [1.54, 1.807) is 79.9 Å². The van der Waals surface area contributed by atoms with Crippen molar-refractivity contribution in [2.24, 2.45) is 0 Å². The predicted molar refractivity (Wildman–Crippen MR) is 119 cm³/mol. The molecule has 0 spiro atoms. The molecule has 1 amide bonds. The van der Waals surface area contributed by atoms with Crippen molar-refractivity contribution in [2.45, 2.75) is 11.9 Å². The number of hydrogen-bond donors (Lipinski definition) is 1. The molecule has 0 unspecified atom stereocenters. The molecule has 31 heavy (non-hydrogen) atoms. The maximum atomic E-state index is 13.2. The highest BCUT2D eigenvalue weighted by molar-refractivity contribution is 7.92. The Balaban J connectivity index is 1.58. The highest BCUT2D eigenvalue weighted by atomic mass is 32.2. The van der Waals surface area contributed by atoms with Gasteiger partial charge in [0.2, 0.25) is 10.0 Å². The number of hydrogen-bond acceptors (Lipinski definition) is 5. The smallest absolute Gasteiger partial charge is 0.267 e. The number of amides is 1. The van der Waals surface area contributed by atoms with Crippen LogP contribution < -0.4 is 19.1 Å². The topological polar surface area (TPSA) is 84.9 Å². The lowest BCUT2D eigenvalue weighted by atomic mass is 10.2. The van der Waals surface area contributed by atoms with Gasteiger partial charge in [0, 0.05) is 5.69 Å². The van der Waals surface area contributed by atoms with E-state index in [1.165, 1.54) is 4.31 Å². The zero-order chi connectivity index (χ0) is 21.8. The Morgan fingerprint density at radius 1 is 1.03 bits per heavy atom. The van der Waals surface area contributed by atoms with Crippen LogP contribution in [0.4, 0.5) is 11.4 Å². The summed E-state index contributed by atoms with van der Waals surface area (Å²) in [5, 5.41) is 2.77. The lowest BCUT2D eigenvalue weighted by molar-refractivity contribution is -0.122. The molecule has 3 aromatic rings. The number of benzene rings is 3. The molecule has 0 fully saturated rings. The molecule has 0 bridgehead atoms. The van der Waals surface area contributed by atoms with E-state index in [0.717, 1.165) is 0 Å². The van der Waals surface area contributed by atoms with Gasteiger partial charge in [0.1, 0.15) is 11.5 Å². The van der Waals surface area contributed by atoms with Crippen LogP contribution in [0.25, 0.3) is 0 Å². The molecular weight excluding hydrogens is 416 g/mol. The van der Waals surface area contributed by atoms with Crippen LogP contribution in [0.3, 0.4) is 0 Å². The third kappa shape index (κ3) is 4.64. The van der Waals surface area contributed by atoms with E-state index in [-0.39, 0.29) is 12.3 Å². The molecule has 1 aliphatic rings. The van der Waals surface area contributed by atoms with Crippen molar-refractivity contribution < 1.29 is 22.7 Å². The number of fused-ring (bicyclic) bond motifs is 1. The van der Waals surface area contributed by atoms with E-state index >= 15 is 0 Å². The van der Waals surface area contributed by atoms with Gasteiger partial charge in [-0.05, 0) is 42.0 Å². The minimum Gasteiger partial charge on any atom is -0.497 e. The fourth-order valence-electron chi connectivity index (χ4n) is 3.36. The molecule has 0 aliphatic carbocycles. The minimum atomic E-state index is -3.74. The Morgan fingerprint density at radius 2 is 1.71 bits per heavy atom. The van der Waals surface area contributed by atoms with Gasteiger partial charge in [0.15, 0.2) is 6.10 Å². The molecule has 8 heteroatoms. The Morgan fingerprint density at radius 3 is 2.42 bits per heavy atom. The van der Waals surface area contributed by atoms with Crippen LogP contribution >= 0.6 is 0 Å². The summed E-state index contributed by atoms with van der Waals surface area (Å²) >= 11 is 0. The molecule has 160 valence electrons. The number of anilines is 2. The molecule has 1 aliphatic heterocycles. The van der Waals surface area contributed by atoms with Gasteiger partial charge in [-0.25, -0.2) is 8.42 Å². The molecule has 1 heterocycles. The first-order chi connectivity index (χ1) is 15.0. The molecule has 0 saturated carbocycles. The van der Waals surface area contributed by atoms with Gasteiger partial charge in [0.25, 0.3) is 5.91 Å². The number of nitrogens with one attached hydrogen (secondary N) is 1. The maximum Gasteiger partial charge on any atom is 0.267 e. The van der Waals surface area contributed by atoms with E-state index in [1.807, 2.05) is 6.07 Å². The van der Waals surface area contributed by atoms with E-state index in [0.29, 0.717) is 28.4 Å². The second-order valence-corrected chi connectivity index (χ2v) is 8.96. The average molecular weight is 439 g/mol. The van der Waals surface area contributed by atoms with Crippen molar-refractivity contribution >= 4 is 27.3 Å². The number of carbonyl (C=O) groups excluding carboxylic acids is 1. The summed E-state index contributed by atoms with van der Waals surface area (Å²) in [4.78, 5) is 12.9. The SMILES string of the molecule is COc1ccc(NC(=O)[C@H]2CN(S(=O)(=O)Cc3ccccc3)c3ccccc3O2)cc1. The first-order valence-corrected chi connectivity index (χ1v) is 11.3. The van der Waals surface area contributed by atoms with Crippen molar-refractivity contribution in [3.05, 3.63) is 84.4 Å². The second kappa shape index (κ2) is 8.69. The first-order valence-electron chi connectivity index (χ1n) is 9.71. The molecule has 0 saturated heterocycles. The van der Waals surface area contributed by atoms with Gasteiger partial charge in [-0.15, -0.1) is 0 Å². The fraction of sp³-hybridized carbons (Fsp3) is 0.174. The van der Waals surface area contributed by atoms with Crippen LogP contribution in [0.5, 0.6) is 11.5 Å². The highest BCUT2D eigenvalue weighted by Gasteiger charge is 2.36. The Labute approximate surface area is 181 Å². The van der Waals surface area contributed by atoms with Gasteiger partial charge in [-0.2, -0.15) is 0 Å². The van der Waals surface area contributed by atoms with Crippen molar-refractivity contribution in [3.63, 3.8) is 0 Å². The number of methoxy groups -OCH3 is 1. The van der Waals surface area contributed by atoms with Gasteiger partial charge < -0.3 is 14.8 Å². The summed E-state index contributed by atoms with van der Waals surface area (Å²) in [5.74, 6) is 0.411. The molecule has 1 atom stereocenters. The lowest BCUT2D eigenvalue weighted by Gasteiger charge is -2.34. The van der Waals surface area contributed by atoms with E-state index in [9.17, 15) is 13.2 Å². The summed E-state index contributed by atoms with van der Waals surface area (Å²) in [5.41, 5.74) is 1.66. The second-order valence-electron chi connectivity index (χ2n) is 7.06. The van der Waals surface area contributed by atoms with Crippen molar-refractivity contribution in [2.75, 3.05) is 23.3 Å². The average Bonchev–Trinajstić information content (AvgIpc) is 2.79. The Bertz CT molecular complexity index is 1160.